The third kappa shape index (κ3) is 1.31. The van der Waals surface area contributed by atoms with E-state index in [9.17, 15) is 0 Å². The second-order valence-corrected chi connectivity index (χ2v) is 4.92. The Hall–Kier alpha value is 0.230. The first-order valence-electron chi connectivity index (χ1n) is 4.54. The standard InChI is InChI=1S/C9H16O3S/c1-6-7-8(11-3)9(12-6,4-10-2)5-13-7/h6-8H,4-5H2,1-3H3/t6-,7?,8-,9-/m0/s1. The van der Waals surface area contributed by atoms with Crippen molar-refractivity contribution in [1.29, 1.82) is 0 Å². The highest BCUT2D eigenvalue weighted by atomic mass is 32.2. The summed E-state index contributed by atoms with van der Waals surface area (Å²) >= 11 is 1.94. The van der Waals surface area contributed by atoms with Crippen LogP contribution in [-0.2, 0) is 14.2 Å². The Morgan fingerprint density at radius 1 is 1.54 bits per heavy atom. The normalized spacial score (nSPS) is 48.7. The summed E-state index contributed by atoms with van der Waals surface area (Å²) in [5, 5.41) is 0.486. The number of hydrogen-bond acceptors (Lipinski definition) is 4. The Bertz CT molecular complexity index is 199. The third-order valence-corrected chi connectivity index (χ3v) is 4.53. The molecule has 0 aromatic rings. The fourth-order valence-corrected chi connectivity index (χ4v) is 4.03. The fourth-order valence-electron chi connectivity index (χ4n) is 2.38. The minimum atomic E-state index is -0.182. The van der Waals surface area contributed by atoms with Crippen LogP contribution in [0.3, 0.4) is 0 Å². The molecule has 2 aliphatic rings. The first-order chi connectivity index (χ1) is 6.23. The van der Waals surface area contributed by atoms with E-state index in [1.54, 1.807) is 14.2 Å². The molecule has 3 nitrogen and oxygen atoms in total. The smallest absolute Gasteiger partial charge is 0.128 e. The second-order valence-electron chi connectivity index (χ2n) is 3.75. The van der Waals surface area contributed by atoms with Crippen LogP contribution >= 0.6 is 11.8 Å². The van der Waals surface area contributed by atoms with E-state index in [4.69, 9.17) is 14.2 Å². The van der Waals surface area contributed by atoms with Crippen molar-refractivity contribution < 1.29 is 14.2 Å². The van der Waals surface area contributed by atoms with Gasteiger partial charge >= 0.3 is 0 Å². The van der Waals surface area contributed by atoms with Crippen molar-refractivity contribution in [3.8, 4) is 0 Å². The van der Waals surface area contributed by atoms with Crippen LogP contribution in [0.25, 0.3) is 0 Å². The number of rotatable bonds is 3. The van der Waals surface area contributed by atoms with E-state index in [0.29, 0.717) is 18.0 Å². The lowest BCUT2D eigenvalue weighted by Crippen LogP contribution is -2.45. The van der Waals surface area contributed by atoms with Crippen LogP contribution in [0, 0.1) is 0 Å². The molecular weight excluding hydrogens is 188 g/mol. The van der Waals surface area contributed by atoms with Crippen LogP contribution in [0.15, 0.2) is 0 Å². The molecule has 2 fully saturated rings. The SMILES string of the molecule is COC[C@@]12CSC([C@H](C)O1)[C@@H]2OC. The predicted octanol–water partition coefficient (Wildman–Crippen LogP) is 0.921. The Balaban J connectivity index is 2.17. The van der Waals surface area contributed by atoms with E-state index in [-0.39, 0.29) is 11.7 Å². The van der Waals surface area contributed by atoms with Gasteiger partial charge in [-0.2, -0.15) is 0 Å². The van der Waals surface area contributed by atoms with Gasteiger partial charge in [-0.25, -0.2) is 0 Å². The lowest BCUT2D eigenvalue weighted by atomic mass is 10.00. The summed E-state index contributed by atoms with van der Waals surface area (Å²) < 4.78 is 16.6. The molecule has 76 valence electrons. The molecule has 2 saturated heterocycles. The minimum Gasteiger partial charge on any atom is -0.382 e. The summed E-state index contributed by atoms with van der Waals surface area (Å²) in [5.74, 6) is 0.994. The van der Waals surface area contributed by atoms with Gasteiger partial charge in [0.05, 0.1) is 18.0 Å². The molecule has 2 heterocycles. The summed E-state index contributed by atoms with van der Waals surface area (Å²) in [7, 11) is 3.47. The number of hydrogen-bond donors (Lipinski definition) is 0. The van der Waals surface area contributed by atoms with Crippen LogP contribution in [0.5, 0.6) is 0 Å². The maximum atomic E-state index is 5.92. The van der Waals surface area contributed by atoms with E-state index < -0.39 is 0 Å². The van der Waals surface area contributed by atoms with Crippen molar-refractivity contribution in [2.45, 2.75) is 30.0 Å². The van der Waals surface area contributed by atoms with Gasteiger partial charge in [0.25, 0.3) is 0 Å². The average molecular weight is 204 g/mol. The van der Waals surface area contributed by atoms with E-state index >= 15 is 0 Å². The number of ether oxygens (including phenoxy) is 3. The first-order valence-corrected chi connectivity index (χ1v) is 5.59. The van der Waals surface area contributed by atoms with Crippen LogP contribution in [0.1, 0.15) is 6.92 Å². The molecule has 0 radical (unpaired) electrons. The molecule has 0 aromatic carbocycles. The molecule has 0 saturated carbocycles. The molecule has 0 amide bonds. The van der Waals surface area contributed by atoms with Crippen molar-refractivity contribution in [2.75, 3.05) is 26.6 Å². The van der Waals surface area contributed by atoms with Gasteiger partial charge < -0.3 is 14.2 Å². The fraction of sp³-hybridized carbons (Fsp3) is 1.00. The minimum absolute atomic E-state index is 0.182. The molecule has 2 rings (SSSR count). The number of fused-ring (bicyclic) bond motifs is 2. The molecule has 0 spiro atoms. The monoisotopic (exact) mass is 204 g/mol. The molecule has 0 aromatic heterocycles. The lowest BCUT2D eigenvalue weighted by molar-refractivity contribution is -0.107. The van der Waals surface area contributed by atoms with Gasteiger partial charge in [0.1, 0.15) is 11.7 Å². The highest BCUT2D eigenvalue weighted by Crippen LogP contribution is 2.48. The quantitative estimate of drug-likeness (QED) is 0.683. The van der Waals surface area contributed by atoms with Gasteiger partial charge in [0.15, 0.2) is 0 Å². The van der Waals surface area contributed by atoms with Crippen molar-refractivity contribution in [1.82, 2.24) is 0 Å². The Labute approximate surface area is 83.1 Å². The van der Waals surface area contributed by atoms with Crippen LogP contribution in [0.2, 0.25) is 0 Å². The maximum Gasteiger partial charge on any atom is 0.128 e. The maximum absolute atomic E-state index is 5.92. The zero-order valence-electron chi connectivity index (χ0n) is 8.28. The van der Waals surface area contributed by atoms with Crippen molar-refractivity contribution in [2.24, 2.45) is 0 Å². The largest absolute Gasteiger partial charge is 0.382 e. The second kappa shape index (κ2) is 3.42. The number of thioether (sulfide) groups is 1. The summed E-state index contributed by atoms with van der Waals surface area (Å²) in [6, 6.07) is 0. The van der Waals surface area contributed by atoms with Crippen molar-refractivity contribution >= 4 is 11.8 Å². The Kier molecular flexibility index (Phi) is 2.57. The van der Waals surface area contributed by atoms with Crippen LogP contribution < -0.4 is 0 Å². The molecule has 0 aliphatic carbocycles. The average Bonchev–Trinajstić information content (AvgIpc) is 2.55. The Morgan fingerprint density at radius 3 is 2.85 bits per heavy atom. The van der Waals surface area contributed by atoms with Gasteiger partial charge in [-0.3, -0.25) is 0 Å². The zero-order valence-corrected chi connectivity index (χ0v) is 9.10. The lowest BCUT2D eigenvalue weighted by Gasteiger charge is -2.29. The van der Waals surface area contributed by atoms with Gasteiger partial charge in [-0.15, -0.1) is 11.8 Å². The number of methoxy groups -OCH3 is 2. The molecular formula is C9H16O3S. The third-order valence-electron chi connectivity index (χ3n) is 2.86. The zero-order chi connectivity index (χ0) is 9.47. The molecule has 2 aliphatic heterocycles. The van der Waals surface area contributed by atoms with Gasteiger partial charge in [-0.05, 0) is 6.92 Å². The van der Waals surface area contributed by atoms with Crippen LogP contribution in [-0.4, -0.2) is 49.6 Å². The van der Waals surface area contributed by atoms with E-state index in [2.05, 4.69) is 6.92 Å². The van der Waals surface area contributed by atoms with Gasteiger partial charge in [0, 0.05) is 20.0 Å². The van der Waals surface area contributed by atoms with Crippen molar-refractivity contribution in [3.05, 3.63) is 0 Å². The van der Waals surface area contributed by atoms with Crippen molar-refractivity contribution in [3.63, 3.8) is 0 Å². The molecule has 1 unspecified atom stereocenters. The molecule has 4 atom stereocenters. The summed E-state index contributed by atoms with van der Waals surface area (Å²) in [6.45, 7) is 2.75. The topological polar surface area (TPSA) is 27.7 Å². The van der Waals surface area contributed by atoms with E-state index in [0.717, 1.165) is 5.75 Å². The first kappa shape index (κ1) is 9.77. The highest BCUT2D eigenvalue weighted by Gasteiger charge is 2.59. The van der Waals surface area contributed by atoms with E-state index in [1.165, 1.54) is 0 Å². The van der Waals surface area contributed by atoms with Gasteiger partial charge in [0.2, 0.25) is 0 Å². The predicted molar refractivity (Wildman–Crippen MR) is 52.2 cm³/mol. The molecule has 13 heavy (non-hydrogen) atoms. The van der Waals surface area contributed by atoms with Gasteiger partial charge in [-0.1, -0.05) is 0 Å². The Morgan fingerprint density at radius 2 is 2.31 bits per heavy atom. The molecule has 2 bridgehead atoms. The summed E-state index contributed by atoms with van der Waals surface area (Å²) in [5.41, 5.74) is -0.182. The summed E-state index contributed by atoms with van der Waals surface area (Å²) in [6.07, 6.45) is 0.492. The molecule has 4 heteroatoms. The highest BCUT2D eigenvalue weighted by molar-refractivity contribution is 8.00. The van der Waals surface area contributed by atoms with Crippen LogP contribution in [0.4, 0.5) is 0 Å². The molecule has 0 N–H and O–H groups in total. The summed E-state index contributed by atoms with van der Waals surface area (Å²) in [4.78, 5) is 0. The van der Waals surface area contributed by atoms with E-state index in [1.807, 2.05) is 11.8 Å².